The summed E-state index contributed by atoms with van der Waals surface area (Å²) < 4.78 is 5.67. The highest BCUT2D eigenvalue weighted by atomic mass is 16.4. The van der Waals surface area contributed by atoms with Gasteiger partial charge >= 0.3 is 0 Å². The highest BCUT2D eigenvalue weighted by Gasteiger charge is 2.26. The Morgan fingerprint density at radius 3 is 2.79 bits per heavy atom. The number of aryl methyl sites for hydroxylation is 1. The molecule has 0 amide bonds. The Labute approximate surface area is 84.7 Å². The van der Waals surface area contributed by atoms with Crippen LogP contribution in [0.1, 0.15) is 49.4 Å². The van der Waals surface area contributed by atoms with Gasteiger partial charge < -0.3 is 10.2 Å². The number of nitrogens with zero attached hydrogens (tertiary/aromatic N) is 1. The van der Waals surface area contributed by atoms with Gasteiger partial charge in [-0.25, -0.2) is 4.98 Å². The third kappa shape index (κ3) is 1.69. The van der Waals surface area contributed by atoms with Crippen molar-refractivity contribution in [1.29, 1.82) is 0 Å². The van der Waals surface area contributed by atoms with Gasteiger partial charge in [0.05, 0.1) is 5.69 Å². The summed E-state index contributed by atoms with van der Waals surface area (Å²) in [6.07, 6.45) is 5.61. The van der Waals surface area contributed by atoms with Gasteiger partial charge in [-0.2, -0.15) is 0 Å². The lowest BCUT2D eigenvalue weighted by Crippen LogP contribution is -2.11. The molecule has 0 aliphatic heterocycles. The average Bonchev–Trinajstić information content (AvgIpc) is 2.46. The smallest absolute Gasteiger partial charge is 0.195 e. The van der Waals surface area contributed by atoms with Crippen molar-refractivity contribution in [3.05, 3.63) is 17.3 Å². The average molecular weight is 194 g/mol. The second-order valence-corrected chi connectivity index (χ2v) is 3.94. The van der Waals surface area contributed by atoms with Gasteiger partial charge in [0.1, 0.15) is 5.76 Å². The van der Waals surface area contributed by atoms with E-state index in [4.69, 9.17) is 10.2 Å². The molecule has 1 fully saturated rings. The molecule has 0 saturated heterocycles. The Bertz CT molecular complexity index is 302. The van der Waals surface area contributed by atoms with E-state index in [9.17, 15) is 0 Å². The van der Waals surface area contributed by atoms with Gasteiger partial charge in [-0.05, 0) is 12.8 Å². The molecule has 0 unspecified atom stereocenters. The van der Waals surface area contributed by atoms with Crippen molar-refractivity contribution in [1.82, 2.24) is 4.98 Å². The first-order chi connectivity index (χ1) is 6.85. The Balaban J connectivity index is 2.18. The highest BCUT2D eigenvalue weighted by Crippen LogP contribution is 2.37. The number of aromatic nitrogens is 1. The maximum absolute atomic E-state index is 5.67. The summed E-state index contributed by atoms with van der Waals surface area (Å²) in [4.78, 5) is 4.55. The molecule has 1 aromatic rings. The lowest BCUT2D eigenvalue weighted by Gasteiger charge is -2.23. The fourth-order valence-electron chi connectivity index (χ4n) is 1.90. The van der Waals surface area contributed by atoms with Gasteiger partial charge in [-0.1, -0.05) is 13.3 Å². The quantitative estimate of drug-likeness (QED) is 0.797. The van der Waals surface area contributed by atoms with Crippen molar-refractivity contribution in [2.45, 2.75) is 44.9 Å². The molecular weight excluding hydrogens is 176 g/mol. The van der Waals surface area contributed by atoms with Crippen LogP contribution >= 0.6 is 0 Å². The van der Waals surface area contributed by atoms with Crippen LogP contribution in [0, 0.1) is 0 Å². The number of oxazole rings is 1. The summed E-state index contributed by atoms with van der Waals surface area (Å²) in [5.41, 5.74) is 6.69. The normalized spacial score (nSPS) is 17.0. The van der Waals surface area contributed by atoms with Crippen molar-refractivity contribution in [2.24, 2.45) is 5.73 Å². The molecule has 1 aliphatic rings. The molecular formula is C11H18N2O. The van der Waals surface area contributed by atoms with Gasteiger partial charge in [0, 0.05) is 25.3 Å². The largest absolute Gasteiger partial charge is 0.445 e. The molecule has 0 atom stereocenters. The maximum Gasteiger partial charge on any atom is 0.195 e. The molecule has 14 heavy (non-hydrogen) atoms. The molecule has 1 saturated carbocycles. The van der Waals surface area contributed by atoms with Gasteiger partial charge in [0.25, 0.3) is 0 Å². The zero-order valence-electron chi connectivity index (χ0n) is 8.75. The predicted molar refractivity (Wildman–Crippen MR) is 55.2 cm³/mol. The molecule has 0 spiro atoms. The van der Waals surface area contributed by atoms with Crippen LogP contribution in [0.25, 0.3) is 0 Å². The molecule has 1 aromatic heterocycles. The standard InChI is InChI=1S/C11H18N2O/c1-2-9-11(8-4-3-5-8)13-10(14-9)6-7-12/h8H,2-7,12H2,1H3. The first-order valence-electron chi connectivity index (χ1n) is 5.53. The zero-order chi connectivity index (χ0) is 9.97. The number of nitrogens with two attached hydrogens (primary N) is 1. The second-order valence-electron chi connectivity index (χ2n) is 3.94. The van der Waals surface area contributed by atoms with Gasteiger partial charge in [0.2, 0.25) is 0 Å². The Kier molecular flexibility index (Phi) is 2.87. The summed E-state index contributed by atoms with van der Waals surface area (Å²) >= 11 is 0. The van der Waals surface area contributed by atoms with Crippen LogP contribution in [-0.4, -0.2) is 11.5 Å². The first kappa shape index (κ1) is 9.71. The second kappa shape index (κ2) is 4.13. The van der Waals surface area contributed by atoms with Gasteiger partial charge in [-0.3, -0.25) is 0 Å². The molecule has 2 rings (SSSR count). The molecule has 78 valence electrons. The van der Waals surface area contributed by atoms with E-state index in [1.54, 1.807) is 0 Å². The fourth-order valence-corrected chi connectivity index (χ4v) is 1.90. The minimum absolute atomic E-state index is 0.619. The summed E-state index contributed by atoms with van der Waals surface area (Å²) in [6.45, 7) is 2.74. The minimum atomic E-state index is 0.619. The molecule has 1 heterocycles. The molecule has 0 aromatic carbocycles. The summed E-state index contributed by atoms with van der Waals surface area (Å²) in [5.74, 6) is 2.57. The van der Waals surface area contributed by atoms with E-state index in [0.29, 0.717) is 12.5 Å². The highest BCUT2D eigenvalue weighted by molar-refractivity contribution is 5.17. The number of rotatable bonds is 4. The van der Waals surface area contributed by atoms with Crippen molar-refractivity contribution >= 4 is 0 Å². The first-order valence-corrected chi connectivity index (χ1v) is 5.53. The Hall–Kier alpha value is -0.830. The van der Waals surface area contributed by atoms with E-state index in [1.165, 1.54) is 25.0 Å². The summed E-state index contributed by atoms with van der Waals surface area (Å²) in [5, 5.41) is 0. The molecule has 2 N–H and O–H groups in total. The topological polar surface area (TPSA) is 52.0 Å². The zero-order valence-corrected chi connectivity index (χ0v) is 8.75. The van der Waals surface area contributed by atoms with Crippen molar-refractivity contribution in [2.75, 3.05) is 6.54 Å². The summed E-state index contributed by atoms with van der Waals surface area (Å²) in [7, 11) is 0. The Morgan fingerprint density at radius 1 is 1.50 bits per heavy atom. The van der Waals surface area contributed by atoms with E-state index in [0.717, 1.165) is 24.5 Å². The third-order valence-electron chi connectivity index (χ3n) is 2.94. The van der Waals surface area contributed by atoms with E-state index in [2.05, 4.69) is 11.9 Å². The predicted octanol–water partition coefficient (Wildman–Crippen LogP) is 2.01. The lowest BCUT2D eigenvalue weighted by molar-refractivity contribution is 0.401. The Morgan fingerprint density at radius 2 is 2.29 bits per heavy atom. The summed E-state index contributed by atoms with van der Waals surface area (Å²) in [6, 6.07) is 0. The molecule has 3 nitrogen and oxygen atoms in total. The van der Waals surface area contributed by atoms with Crippen molar-refractivity contribution < 1.29 is 4.42 Å². The van der Waals surface area contributed by atoms with Crippen LogP contribution in [-0.2, 0) is 12.8 Å². The van der Waals surface area contributed by atoms with Crippen molar-refractivity contribution in [3.8, 4) is 0 Å². The lowest BCUT2D eigenvalue weighted by atomic mass is 9.82. The fraction of sp³-hybridized carbons (Fsp3) is 0.727. The minimum Gasteiger partial charge on any atom is -0.445 e. The van der Waals surface area contributed by atoms with E-state index < -0.39 is 0 Å². The van der Waals surface area contributed by atoms with E-state index >= 15 is 0 Å². The SMILES string of the molecule is CCc1oc(CCN)nc1C1CCC1. The molecule has 3 heteroatoms. The van der Waals surface area contributed by atoms with Gasteiger partial charge in [0.15, 0.2) is 5.89 Å². The van der Waals surface area contributed by atoms with Crippen LogP contribution in [0.5, 0.6) is 0 Å². The van der Waals surface area contributed by atoms with E-state index in [1.807, 2.05) is 0 Å². The molecule has 0 bridgehead atoms. The number of hydrogen-bond donors (Lipinski definition) is 1. The van der Waals surface area contributed by atoms with E-state index in [-0.39, 0.29) is 0 Å². The van der Waals surface area contributed by atoms with Crippen LogP contribution in [0.15, 0.2) is 4.42 Å². The van der Waals surface area contributed by atoms with Crippen LogP contribution in [0.3, 0.4) is 0 Å². The monoisotopic (exact) mass is 194 g/mol. The van der Waals surface area contributed by atoms with Crippen LogP contribution in [0.4, 0.5) is 0 Å². The molecule has 0 radical (unpaired) electrons. The maximum atomic E-state index is 5.67. The third-order valence-corrected chi connectivity index (χ3v) is 2.94. The van der Waals surface area contributed by atoms with Crippen LogP contribution in [0.2, 0.25) is 0 Å². The van der Waals surface area contributed by atoms with Gasteiger partial charge in [-0.15, -0.1) is 0 Å². The molecule has 1 aliphatic carbocycles. The number of hydrogen-bond acceptors (Lipinski definition) is 3. The van der Waals surface area contributed by atoms with Crippen molar-refractivity contribution in [3.63, 3.8) is 0 Å². The van der Waals surface area contributed by atoms with Crippen LogP contribution < -0.4 is 5.73 Å².